The third-order valence-corrected chi connectivity index (χ3v) is 7.88. The van der Waals surface area contributed by atoms with Gasteiger partial charge in [0.25, 0.3) is 5.91 Å². The monoisotopic (exact) mass is 760 g/mol. The molecule has 0 bridgehead atoms. The standard InChI is InChI=1S/C28H33FN8O2.2C2HF3O2/c1-16-12-37(13-17(2)32-16)24-5-4-21(26-22(24)11-31-28(34-26)39-15-18-6-7-30-10-18)27(38)33-20-8-19-14-36(3)35-25(19)23(29)9-20;2*3-2(4,5)1(6)7/h4-5,8-9,11,14,16-18,30,32H,6-7,10,12-13,15H2,1-3H3,(H,33,38);2*(H,6,7)/t16-,17+,18?;;. The Balaban J connectivity index is 0.000000381. The fraction of sp³-hybridized carbons (Fsp3) is 0.438. The number of aromatic nitrogens is 4. The molecule has 6 rings (SSSR count). The number of nitrogens with zero attached hydrogens (tertiary/aromatic N) is 5. The van der Waals surface area contributed by atoms with Crippen LogP contribution >= 0.6 is 0 Å². The van der Waals surface area contributed by atoms with Crippen LogP contribution in [0.25, 0.3) is 21.8 Å². The van der Waals surface area contributed by atoms with Crippen LogP contribution < -0.4 is 25.6 Å². The number of fused-ring (bicyclic) bond motifs is 2. The van der Waals surface area contributed by atoms with Gasteiger partial charge in [0.1, 0.15) is 5.52 Å². The number of carboxylic acid groups (broad SMARTS) is 2. The highest BCUT2D eigenvalue weighted by Gasteiger charge is 2.39. The second kappa shape index (κ2) is 16.6. The number of anilines is 2. The van der Waals surface area contributed by atoms with Gasteiger partial charge in [-0.25, -0.2) is 19.0 Å². The molecule has 2 saturated heterocycles. The van der Waals surface area contributed by atoms with Gasteiger partial charge in [-0.3, -0.25) is 9.48 Å². The van der Waals surface area contributed by atoms with Crippen molar-refractivity contribution in [1.29, 1.82) is 0 Å². The predicted molar refractivity (Wildman–Crippen MR) is 176 cm³/mol. The molecule has 14 nitrogen and oxygen atoms in total. The van der Waals surface area contributed by atoms with Crippen LogP contribution in [0.5, 0.6) is 6.01 Å². The highest BCUT2D eigenvalue weighted by atomic mass is 19.4. The van der Waals surface area contributed by atoms with Crippen molar-refractivity contribution in [2.75, 3.05) is 43.0 Å². The number of aliphatic carboxylic acids is 2. The molecule has 5 N–H and O–H groups in total. The zero-order chi connectivity index (χ0) is 39.2. The molecule has 0 radical (unpaired) electrons. The van der Waals surface area contributed by atoms with Crippen molar-refractivity contribution >= 4 is 51.0 Å². The smallest absolute Gasteiger partial charge is 0.475 e. The Labute approximate surface area is 296 Å². The molecule has 2 fully saturated rings. The lowest BCUT2D eigenvalue weighted by atomic mass is 10.0. The Morgan fingerprint density at radius 1 is 1.00 bits per heavy atom. The Morgan fingerprint density at radius 3 is 2.19 bits per heavy atom. The number of aryl methyl sites for hydroxylation is 1. The lowest BCUT2D eigenvalue weighted by Crippen LogP contribution is -2.54. The van der Waals surface area contributed by atoms with Crippen molar-refractivity contribution in [3.63, 3.8) is 0 Å². The fourth-order valence-corrected chi connectivity index (χ4v) is 5.67. The number of carbonyl (C=O) groups is 3. The van der Waals surface area contributed by atoms with E-state index in [-0.39, 0.29) is 17.4 Å². The average molecular weight is 761 g/mol. The number of benzene rings is 2. The molecule has 53 heavy (non-hydrogen) atoms. The minimum atomic E-state index is -5.08. The number of hydrogen-bond acceptors (Lipinski definition) is 10. The van der Waals surface area contributed by atoms with E-state index in [1.165, 1.54) is 6.07 Å². The topological polar surface area (TPSA) is 184 Å². The molecular weight excluding hydrogens is 725 g/mol. The number of carbonyl (C=O) groups excluding carboxylic acids is 1. The van der Waals surface area contributed by atoms with E-state index in [9.17, 15) is 35.5 Å². The van der Waals surface area contributed by atoms with E-state index in [4.69, 9.17) is 29.5 Å². The van der Waals surface area contributed by atoms with Gasteiger partial charge in [0.15, 0.2) is 5.82 Å². The van der Waals surface area contributed by atoms with E-state index in [0.717, 1.165) is 43.7 Å². The SMILES string of the molecule is C[C@@H]1CN(c2ccc(C(=O)Nc3cc(F)c4nn(C)cc4c3)c3nc(OCC4CCNC4)ncc23)C[C@H](C)N1.O=C(O)C(F)(F)F.O=C(O)C(F)(F)F. The normalized spacial score (nSPS) is 18.8. The second-order valence-electron chi connectivity index (χ2n) is 12.3. The van der Waals surface area contributed by atoms with E-state index >= 15 is 0 Å². The van der Waals surface area contributed by atoms with Crippen LogP contribution in [0.2, 0.25) is 0 Å². The van der Waals surface area contributed by atoms with Crippen LogP contribution in [0.15, 0.2) is 36.7 Å². The maximum atomic E-state index is 14.7. The van der Waals surface area contributed by atoms with Crippen molar-refractivity contribution in [3.05, 3.63) is 48.0 Å². The molecule has 2 aromatic carbocycles. The Hall–Kier alpha value is -5.31. The Morgan fingerprint density at radius 2 is 1.62 bits per heavy atom. The van der Waals surface area contributed by atoms with Crippen LogP contribution in [0.1, 0.15) is 30.6 Å². The number of hydrogen-bond donors (Lipinski definition) is 5. The molecule has 3 atom stereocenters. The molecule has 4 aromatic rings. The third-order valence-electron chi connectivity index (χ3n) is 7.88. The minimum Gasteiger partial charge on any atom is -0.475 e. The van der Waals surface area contributed by atoms with Crippen molar-refractivity contribution in [3.8, 4) is 6.01 Å². The second-order valence-corrected chi connectivity index (χ2v) is 12.3. The molecule has 2 aromatic heterocycles. The van der Waals surface area contributed by atoms with Gasteiger partial charge >= 0.3 is 30.3 Å². The highest BCUT2D eigenvalue weighted by Crippen LogP contribution is 2.32. The van der Waals surface area contributed by atoms with Crippen molar-refractivity contribution in [1.82, 2.24) is 30.4 Å². The first-order valence-corrected chi connectivity index (χ1v) is 15.9. The number of amides is 1. The summed E-state index contributed by atoms with van der Waals surface area (Å²) in [6.07, 6.45) is -5.66. The lowest BCUT2D eigenvalue weighted by molar-refractivity contribution is -0.193. The molecule has 288 valence electrons. The molecule has 21 heteroatoms. The molecule has 4 heterocycles. The molecule has 0 aliphatic carbocycles. The Bertz CT molecular complexity index is 1920. The molecule has 2 aliphatic rings. The lowest BCUT2D eigenvalue weighted by Gasteiger charge is -2.38. The largest absolute Gasteiger partial charge is 0.490 e. The van der Waals surface area contributed by atoms with Gasteiger partial charge in [0.2, 0.25) is 0 Å². The predicted octanol–water partition coefficient (Wildman–Crippen LogP) is 4.35. The number of rotatable bonds is 6. The van der Waals surface area contributed by atoms with Gasteiger partial charge in [0, 0.05) is 79.2 Å². The van der Waals surface area contributed by atoms with Gasteiger partial charge in [-0.15, -0.1) is 0 Å². The number of ether oxygens (including phenoxy) is 1. The summed E-state index contributed by atoms with van der Waals surface area (Å²) in [5, 5.41) is 29.5. The summed E-state index contributed by atoms with van der Waals surface area (Å²) in [5.41, 5.74) is 2.44. The summed E-state index contributed by atoms with van der Waals surface area (Å²) < 4.78 is 85.7. The first kappa shape index (κ1) is 40.5. The fourth-order valence-electron chi connectivity index (χ4n) is 5.67. The molecule has 1 amide bonds. The summed E-state index contributed by atoms with van der Waals surface area (Å²) in [7, 11) is 1.73. The maximum Gasteiger partial charge on any atom is 0.490 e. The first-order chi connectivity index (χ1) is 24.7. The van der Waals surface area contributed by atoms with Gasteiger partial charge in [0.05, 0.1) is 17.7 Å². The summed E-state index contributed by atoms with van der Waals surface area (Å²) in [6.45, 7) is 8.35. The molecule has 1 unspecified atom stereocenters. The van der Waals surface area contributed by atoms with Crippen LogP contribution in [0.3, 0.4) is 0 Å². The van der Waals surface area contributed by atoms with Crippen LogP contribution in [0.4, 0.5) is 42.1 Å². The number of nitrogens with one attached hydrogen (secondary N) is 3. The zero-order valence-corrected chi connectivity index (χ0v) is 28.3. The summed E-state index contributed by atoms with van der Waals surface area (Å²) in [5.74, 6) is -6.00. The molecular formula is C32H35F7N8O6. The number of carboxylic acids is 2. The van der Waals surface area contributed by atoms with Crippen LogP contribution in [-0.2, 0) is 16.6 Å². The minimum absolute atomic E-state index is 0.241. The van der Waals surface area contributed by atoms with E-state index in [1.807, 2.05) is 6.07 Å². The number of piperazine rings is 1. The van der Waals surface area contributed by atoms with Gasteiger partial charge in [-0.2, -0.15) is 36.4 Å². The van der Waals surface area contributed by atoms with Crippen LogP contribution in [0, 0.1) is 11.7 Å². The van der Waals surface area contributed by atoms with E-state index < -0.39 is 30.1 Å². The maximum absolute atomic E-state index is 14.7. The molecule has 2 aliphatic heterocycles. The van der Waals surface area contributed by atoms with Gasteiger partial charge < -0.3 is 35.8 Å². The van der Waals surface area contributed by atoms with E-state index in [1.54, 1.807) is 36.3 Å². The Kier molecular flexibility index (Phi) is 12.7. The quantitative estimate of drug-likeness (QED) is 0.176. The van der Waals surface area contributed by atoms with Gasteiger partial charge in [-0.05, 0) is 51.1 Å². The third kappa shape index (κ3) is 10.9. The van der Waals surface area contributed by atoms with Crippen molar-refractivity contribution in [2.45, 2.75) is 44.7 Å². The zero-order valence-electron chi connectivity index (χ0n) is 28.3. The number of alkyl halides is 6. The highest BCUT2D eigenvalue weighted by molar-refractivity contribution is 6.14. The summed E-state index contributed by atoms with van der Waals surface area (Å²) in [4.78, 5) is 42.9. The van der Waals surface area contributed by atoms with E-state index in [2.05, 4.69) is 44.8 Å². The van der Waals surface area contributed by atoms with Crippen LogP contribution in [-0.4, -0.2) is 105 Å². The number of halogens is 7. The summed E-state index contributed by atoms with van der Waals surface area (Å²) in [6, 6.07) is 7.59. The molecule has 0 spiro atoms. The average Bonchev–Trinajstić information content (AvgIpc) is 3.72. The van der Waals surface area contributed by atoms with Gasteiger partial charge in [-0.1, -0.05) is 0 Å². The first-order valence-electron chi connectivity index (χ1n) is 15.9. The summed E-state index contributed by atoms with van der Waals surface area (Å²) >= 11 is 0. The molecule has 0 saturated carbocycles. The van der Waals surface area contributed by atoms with E-state index in [0.29, 0.717) is 46.8 Å². The van der Waals surface area contributed by atoms with Crippen molar-refractivity contribution < 1.29 is 60.1 Å². The van der Waals surface area contributed by atoms with Crippen molar-refractivity contribution in [2.24, 2.45) is 13.0 Å².